The van der Waals surface area contributed by atoms with Crippen LogP contribution in [0.15, 0.2) is 24.3 Å². The molecule has 3 N–H and O–H groups in total. The van der Waals surface area contributed by atoms with Crippen molar-refractivity contribution >= 4 is 5.91 Å². The van der Waals surface area contributed by atoms with Gasteiger partial charge in [0.05, 0.1) is 18.7 Å². The van der Waals surface area contributed by atoms with Crippen LogP contribution in [0.3, 0.4) is 0 Å². The molecule has 0 saturated heterocycles. The Morgan fingerprint density at radius 2 is 2.17 bits per heavy atom. The molecule has 0 aromatic heterocycles. The molecule has 1 aliphatic heterocycles. The normalized spacial score (nSPS) is 19.9. The fourth-order valence-corrected chi connectivity index (χ4v) is 2.06. The van der Waals surface area contributed by atoms with Gasteiger partial charge in [-0.2, -0.15) is 0 Å². The Bertz CT molecular complexity index is 432. The molecule has 2 rings (SSSR count). The lowest BCUT2D eigenvalue weighted by Gasteiger charge is -2.28. The van der Waals surface area contributed by atoms with Gasteiger partial charge in [-0.1, -0.05) is 32.0 Å². The summed E-state index contributed by atoms with van der Waals surface area (Å²) in [4.78, 5) is 12.0. The molecule has 1 aromatic carbocycles. The standard InChI is InChI=1S/C14H20N2O2/c1-9(2)13(15)14(17)16-11-7-8-18-12-6-4-3-5-10(11)12/h3-6,9,11,13H,7-8,15H2,1-2H3,(H,16,17)/t11?,13-/m1/s1. The van der Waals surface area contributed by atoms with E-state index >= 15 is 0 Å². The summed E-state index contributed by atoms with van der Waals surface area (Å²) in [7, 11) is 0. The van der Waals surface area contributed by atoms with Crippen LogP contribution in [0.1, 0.15) is 31.9 Å². The van der Waals surface area contributed by atoms with Crippen molar-refractivity contribution < 1.29 is 9.53 Å². The van der Waals surface area contributed by atoms with Gasteiger partial charge in [-0.3, -0.25) is 4.79 Å². The van der Waals surface area contributed by atoms with Crippen molar-refractivity contribution in [1.29, 1.82) is 0 Å². The molecular formula is C14H20N2O2. The molecule has 0 aliphatic carbocycles. The number of hydrogen-bond acceptors (Lipinski definition) is 3. The van der Waals surface area contributed by atoms with E-state index in [1.807, 2.05) is 38.1 Å². The van der Waals surface area contributed by atoms with E-state index in [1.165, 1.54) is 0 Å². The SMILES string of the molecule is CC(C)[C@@H](N)C(=O)NC1CCOc2ccccc21. The van der Waals surface area contributed by atoms with E-state index in [2.05, 4.69) is 5.32 Å². The van der Waals surface area contributed by atoms with Gasteiger partial charge in [0.2, 0.25) is 5.91 Å². The lowest BCUT2D eigenvalue weighted by Crippen LogP contribution is -2.46. The van der Waals surface area contributed by atoms with Crippen LogP contribution in [-0.4, -0.2) is 18.6 Å². The average molecular weight is 248 g/mol. The summed E-state index contributed by atoms with van der Waals surface area (Å²) in [5.74, 6) is 0.902. The van der Waals surface area contributed by atoms with E-state index in [4.69, 9.17) is 10.5 Å². The molecule has 1 amide bonds. The molecular weight excluding hydrogens is 228 g/mol. The van der Waals surface area contributed by atoms with Crippen molar-refractivity contribution in [3.05, 3.63) is 29.8 Å². The predicted molar refractivity (Wildman–Crippen MR) is 70.3 cm³/mol. The maximum absolute atomic E-state index is 12.0. The Morgan fingerprint density at radius 1 is 1.44 bits per heavy atom. The molecule has 0 saturated carbocycles. The summed E-state index contributed by atoms with van der Waals surface area (Å²) >= 11 is 0. The first-order valence-electron chi connectivity index (χ1n) is 6.37. The Hall–Kier alpha value is -1.55. The summed E-state index contributed by atoms with van der Waals surface area (Å²) in [6.07, 6.45) is 0.785. The third-order valence-electron chi connectivity index (χ3n) is 3.30. The van der Waals surface area contributed by atoms with E-state index in [9.17, 15) is 4.79 Å². The van der Waals surface area contributed by atoms with Crippen molar-refractivity contribution in [3.8, 4) is 5.75 Å². The molecule has 0 spiro atoms. The Morgan fingerprint density at radius 3 is 2.89 bits per heavy atom. The van der Waals surface area contributed by atoms with E-state index in [0.29, 0.717) is 6.61 Å². The minimum absolute atomic E-state index is 0.00671. The summed E-state index contributed by atoms with van der Waals surface area (Å²) in [5.41, 5.74) is 6.89. The number of hydrogen-bond donors (Lipinski definition) is 2. The Balaban J connectivity index is 2.10. The number of carbonyl (C=O) groups excluding carboxylic acids is 1. The first-order valence-corrected chi connectivity index (χ1v) is 6.37. The number of nitrogens with two attached hydrogens (primary N) is 1. The van der Waals surface area contributed by atoms with Crippen molar-refractivity contribution in [3.63, 3.8) is 0 Å². The Kier molecular flexibility index (Phi) is 3.87. The van der Waals surface area contributed by atoms with Crippen molar-refractivity contribution in [1.82, 2.24) is 5.32 Å². The zero-order valence-corrected chi connectivity index (χ0v) is 10.8. The van der Waals surface area contributed by atoms with Gasteiger partial charge in [-0.05, 0) is 12.0 Å². The molecule has 1 heterocycles. The van der Waals surface area contributed by atoms with Crippen molar-refractivity contribution in [2.45, 2.75) is 32.4 Å². The highest BCUT2D eigenvalue weighted by Gasteiger charge is 2.25. The zero-order chi connectivity index (χ0) is 13.1. The highest BCUT2D eigenvalue weighted by atomic mass is 16.5. The molecule has 1 unspecified atom stereocenters. The molecule has 1 aromatic rings. The molecule has 0 bridgehead atoms. The maximum Gasteiger partial charge on any atom is 0.237 e. The van der Waals surface area contributed by atoms with Crippen LogP contribution in [0.4, 0.5) is 0 Å². The molecule has 2 atom stereocenters. The second-order valence-corrected chi connectivity index (χ2v) is 5.01. The van der Waals surface area contributed by atoms with Crippen molar-refractivity contribution in [2.24, 2.45) is 11.7 Å². The topological polar surface area (TPSA) is 64.4 Å². The molecule has 4 nitrogen and oxygen atoms in total. The molecule has 1 aliphatic rings. The number of para-hydroxylation sites is 1. The van der Waals surface area contributed by atoms with Gasteiger partial charge in [-0.25, -0.2) is 0 Å². The number of carbonyl (C=O) groups is 1. The van der Waals surface area contributed by atoms with Crippen molar-refractivity contribution in [2.75, 3.05) is 6.61 Å². The first kappa shape index (κ1) is 12.9. The second-order valence-electron chi connectivity index (χ2n) is 5.01. The number of ether oxygens (including phenoxy) is 1. The van der Waals surface area contributed by atoms with E-state index < -0.39 is 6.04 Å². The number of benzene rings is 1. The molecule has 18 heavy (non-hydrogen) atoms. The van der Waals surface area contributed by atoms with E-state index in [0.717, 1.165) is 17.7 Å². The number of amides is 1. The monoisotopic (exact) mass is 248 g/mol. The van der Waals surface area contributed by atoms with Crippen LogP contribution < -0.4 is 15.8 Å². The summed E-state index contributed by atoms with van der Waals surface area (Å²) in [6.45, 7) is 4.52. The maximum atomic E-state index is 12.0. The highest BCUT2D eigenvalue weighted by Crippen LogP contribution is 2.31. The van der Waals surface area contributed by atoms with Gasteiger partial charge >= 0.3 is 0 Å². The second kappa shape index (κ2) is 5.40. The molecule has 4 heteroatoms. The summed E-state index contributed by atoms with van der Waals surface area (Å²) in [5, 5.41) is 3.01. The lowest BCUT2D eigenvalue weighted by molar-refractivity contribution is -0.124. The fourth-order valence-electron chi connectivity index (χ4n) is 2.06. The summed E-state index contributed by atoms with van der Waals surface area (Å²) in [6, 6.07) is 7.35. The lowest BCUT2D eigenvalue weighted by atomic mass is 9.99. The van der Waals surface area contributed by atoms with E-state index in [1.54, 1.807) is 0 Å². The van der Waals surface area contributed by atoms with Gasteiger partial charge in [-0.15, -0.1) is 0 Å². The van der Waals surface area contributed by atoms with Gasteiger partial charge in [0.15, 0.2) is 0 Å². The number of rotatable bonds is 3. The minimum Gasteiger partial charge on any atom is -0.493 e. The average Bonchev–Trinajstić information content (AvgIpc) is 2.38. The number of fused-ring (bicyclic) bond motifs is 1. The van der Waals surface area contributed by atoms with Crippen LogP contribution in [0.25, 0.3) is 0 Å². The minimum atomic E-state index is -0.458. The van der Waals surface area contributed by atoms with Gasteiger partial charge in [0, 0.05) is 12.0 Å². The first-order chi connectivity index (χ1) is 8.59. The van der Waals surface area contributed by atoms with Crippen LogP contribution in [0.5, 0.6) is 5.75 Å². The van der Waals surface area contributed by atoms with Crippen LogP contribution in [0.2, 0.25) is 0 Å². The molecule has 0 fully saturated rings. The highest BCUT2D eigenvalue weighted by molar-refractivity contribution is 5.82. The Labute approximate surface area is 108 Å². The summed E-state index contributed by atoms with van der Waals surface area (Å²) < 4.78 is 5.56. The van der Waals surface area contributed by atoms with Crippen LogP contribution >= 0.6 is 0 Å². The third kappa shape index (κ3) is 2.64. The fraction of sp³-hybridized carbons (Fsp3) is 0.500. The van der Waals surface area contributed by atoms with Gasteiger partial charge < -0.3 is 15.8 Å². The predicted octanol–water partition coefficient (Wildman–Crippen LogP) is 1.61. The molecule has 98 valence electrons. The zero-order valence-electron chi connectivity index (χ0n) is 10.8. The van der Waals surface area contributed by atoms with Gasteiger partial charge in [0.1, 0.15) is 5.75 Å². The van der Waals surface area contributed by atoms with E-state index in [-0.39, 0.29) is 17.9 Å². The third-order valence-corrected chi connectivity index (χ3v) is 3.30. The van der Waals surface area contributed by atoms with Crippen LogP contribution in [0, 0.1) is 5.92 Å². The number of nitrogens with one attached hydrogen (secondary N) is 1. The quantitative estimate of drug-likeness (QED) is 0.854. The van der Waals surface area contributed by atoms with Gasteiger partial charge in [0.25, 0.3) is 0 Å². The molecule has 0 radical (unpaired) electrons. The van der Waals surface area contributed by atoms with Crippen LogP contribution in [-0.2, 0) is 4.79 Å². The smallest absolute Gasteiger partial charge is 0.237 e. The largest absolute Gasteiger partial charge is 0.493 e.